The lowest BCUT2D eigenvalue weighted by Crippen LogP contribution is -2.36. The van der Waals surface area contributed by atoms with Gasteiger partial charge in [-0.25, -0.2) is 15.0 Å². The van der Waals surface area contributed by atoms with Gasteiger partial charge in [-0.05, 0) is 44.5 Å². The molecular formula is C21H21F3N6OS. The zero-order valence-corrected chi connectivity index (χ0v) is 18.6. The summed E-state index contributed by atoms with van der Waals surface area (Å²) in [7, 11) is 0. The first kappa shape index (κ1) is 23.5. The van der Waals surface area contributed by atoms with Gasteiger partial charge in [0.2, 0.25) is 11.9 Å². The molecule has 0 aliphatic carbocycles. The quantitative estimate of drug-likeness (QED) is 0.505. The Hall–Kier alpha value is -3.21. The Morgan fingerprint density at radius 2 is 1.81 bits per heavy atom. The van der Waals surface area contributed by atoms with Gasteiger partial charge in [0.15, 0.2) is 5.69 Å². The van der Waals surface area contributed by atoms with Crippen molar-refractivity contribution in [1.82, 2.24) is 19.9 Å². The third-order valence-electron chi connectivity index (χ3n) is 4.75. The van der Waals surface area contributed by atoms with E-state index in [4.69, 9.17) is 0 Å². The fourth-order valence-corrected chi connectivity index (χ4v) is 3.13. The Kier molecular flexibility index (Phi) is 6.68. The molecule has 0 spiro atoms. The average Bonchev–Trinajstić information content (AvgIpc) is 2.75. The lowest BCUT2D eigenvalue weighted by molar-refractivity contribution is -0.141. The van der Waals surface area contributed by atoms with Crippen LogP contribution in [0.4, 0.5) is 24.8 Å². The fraction of sp³-hybridized carbons (Fsp3) is 0.286. The molecule has 11 heteroatoms. The Morgan fingerprint density at radius 1 is 1.06 bits per heavy atom. The molecule has 0 atom stereocenters. The van der Waals surface area contributed by atoms with Gasteiger partial charge < -0.3 is 5.32 Å². The van der Waals surface area contributed by atoms with Crippen LogP contribution in [0.1, 0.15) is 30.8 Å². The summed E-state index contributed by atoms with van der Waals surface area (Å²) < 4.78 is 41.7. The van der Waals surface area contributed by atoms with Crippen molar-refractivity contribution in [1.29, 1.82) is 0 Å². The van der Waals surface area contributed by atoms with Gasteiger partial charge in [0.25, 0.3) is 0 Å². The zero-order valence-electron chi connectivity index (χ0n) is 17.8. The number of alkyl halides is 3. The van der Waals surface area contributed by atoms with Gasteiger partial charge in [0.05, 0.1) is 29.2 Å². The number of halogens is 3. The van der Waals surface area contributed by atoms with Crippen LogP contribution in [0, 0.1) is 6.92 Å². The largest absolute Gasteiger partial charge is 0.434 e. The first-order chi connectivity index (χ1) is 15.0. The summed E-state index contributed by atoms with van der Waals surface area (Å²) in [4.78, 5) is 28.8. The summed E-state index contributed by atoms with van der Waals surface area (Å²) in [6.07, 6.45) is 0.780. The van der Waals surface area contributed by atoms with Crippen LogP contribution in [0.2, 0.25) is 0 Å². The topological polar surface area (TPSA) is 92.7 Å². The molecule has 0 aliphatic heterocycles. The van der Waals surface area contributed by atoms with Gasteiger partial charge >= 0.3 is 6.18 Å². The minimum Gasteiger partial charge on any atom is -0.325 e. The summed E-state index contributed by atoms with van der Waals surface area (Å²) >= 11 is 1.34. The van der Waals surface area contributed by atoms with E-state index >= 15 is 0 Å². The highest BCUT2D eigenvalue weighted by Gasteiger charge is 2.34. The SMILES string of the molecule is CSNc1nccc(C(C)(C)C(=O)Nc2ccc(-c3cncc(C(F)(F)F)n3)cc2C)n1. The molecule has 2 aromatic heterocycles. The molecule has 7 nitrogen and oxygen atoms in total. The average molecular weight is 463 g/mol. The zero-order chi connectivity index (χ0) is 23.5. The number of carbonyl (C=O) groups excluding carboxylic acids is 1. The number of aryl methyl sites for hydroxylation is 1. The van der Waals surface area contributed by atoms with Crippen LogP contribution in [-0.4, -0.2) is 32.1 Å². The minimum atomic E-state index is -4.58. The van der Waals surface area contributed by atoms with Gasteiger partial charge in [-0.2, -0.15) is 13.2 Å². The predicted molar refractivity (Wildman–Crippen MR) is 118 cm³/mol. The maximum absolute atomic E-state index is 13.0. The number of amides is 1. The minimum absolute atomic E-state index is 0.0935. The number of nitrogens with zero attached hydrogens (tertiary/aromatic N) is 4. The van der Waals surface area contributed by atoms with Crippen molar-refractivity contribution in [3.63, 3.8) is 0 Å². The number of hydrogen-bond donors (Lipinski definition) is 2. The van der Waals surface area contributed by atoms with E-state index in [2.05, 4.69) is 30.0 Å². The van der Waals surface area contributed by atoms with E-state index in [1.807, 2.05) is 6.26 Å². The van der Waals surface area contributed by atoms with Crippen LogP contribution in [0.3, 0.4) is 0 Å². The molecule has 1 amide bonds. The van der Waals surface area contributed by atoms with Crippen LogP contribution >= 0.6 is 11.9 Å². The molecule has 0 saturated heterocycles. The lowest BCUT2D eigenvalue weighted by Gasteiger charge is -2.24. The van der Waals surface area contributed by atoms with Gasteiger partial charge in [-0.15, -0.1) is 0 Å². The molecule has 0 radical (unpaired) electrons. The summed E-state index contributed by atoms with van der Waals surface area (Å²) in [6, 6.07) is 6.54. The van der Waals surface area contributed by atoms with E-state index in [9.17, 15) is 18.0 Å². The smallest absolute Gasteiger partial charge is 0.325 e. The second-order valence-corrected chi connectivity index (χ2v) is 8.08. The number of rotatable bonds is 6. The van der Waals surface area contributed by atoms with Crippen LogP contribution in [0.15, 0.2) is 42.9 Å². The molecule has 0 saturated carbocycles. The van der Waals surface area contributed by atoms with Gasteiger partial charge in [-0.3, -0.25) is 14.5 Å². The molecule has 168 valence electrons. The van der Waals surface area contributed by atoms with Crippen molar-refractivity contribution in [3.05, 3.63) is 59.8 Å². The van der Waals surface area contributed by atoms with E-state index in [-0.39, 0.29) is 11.6 Å². The van der Waals surface area contributed by atoms with Crippen molar-refractivity contribution in [2.24, 2.45) is 0 Å². The number of aromatic nitrogens is 4. The highest BCUT2D eigenvalue weighted by molar-refractivity contribution is 7.99. The lowest BCUT2D eigenvalue weighted by atomic mass is 9.87. The Labute approximate surface area is 187 Å². The molecule has 1 aromatic carbocycles. The molecular weight excluding hydrogens is 441 g/mol. The van der Waals surface area contributed by atoms with Gasteiger partial charge in [0.1, 0.15) is 0 Å². The first-order valence-corrected chi connectivity index (χ1v) is 10.7. The second-order valence-electron chi connectivity index (χ2n) is 7.47. The van der Waals surface area contributed by atoms with Crippen molar-refractivity contribution >= 4 is 29.5 Å². The molecule has 0 unspecified atom stereocenters. The van der Waals surface area contributed by atoms with E-state index in [0.717, 1.165) is 0 Å². The Bertz CT molecular complexity index is 1140. The van der Waals surface area contributed by atoms with Crippen LogP contribution in [0.25, 0.3) is 11.3 Å². The predicted octanol–water partition coefficient (Wildman–Crippen LogP) is 4.87. The first-order valence-electron chi connectivity index (χ1n) is 9.46. The molecule has 2 heterocycles. The van der Waals surface area contributed by atoms with Crippen molar-refractivity contribution in [2.75, 3.05) is 16.3 Å². The van der Waals surface area contributed by atoms with E-state index in [0.29, 0.717) is 34.7 Å². The van der Waals surface area contributed by atoms with Crippen LogP contribution in [-0.2, 0) is 16.4 Å². The third kappa shape index (κ3) is 5.16. The van der Waals surface area contributed by atoms with Crippen molar-refractivity contribution in [3.8, 4) is 11.3 Å². The molecule has 3 aromatic rings. The summed E-state index contributed by atoms with van der Waals surface area (Å²) in [5.41, 5.74) is 0.261. The molecule has 0 bridgehead atoms. The van der Waals surface area contributed by atoms with Crippen LogP contribution < -0.4 is 10.0 Å². The number of benzene rings is 1. The Balaban J connectivity index is 1.83. The summed E-state index contributed by atoms with van der Waals surface area (Å²) in [6.45, 7) is 5.24. The van der Waals surface area contributed by atoms with Gasteiger partial charge in [-0.1, -0.05) is 18.0 Å². The number of carbonyl (C=O) groups is 1. The number of hydrogen-bond acceptors (Lipinski definition) is 7. The summed E-state index contributed by atoms with van der Waals surface area (Å²) in [5, 5.41) is 2.87. The van der Waals surface area contributed by atoms with Crippen molar-refractivity contribution < 1.29 is 18.0 Å². The molecule has 2 N–H and O–H groups in total. The monoisotopic (exact) mass is 462 g/mol. The molecule has 3 rings (SSSR count). The second kappa shape index (κ2) is 9.11. The molecule has 0 fully saturated rings. The highest BCUT2D eigenvalue weighted by Crippen LogP contribution is 2.30. The summed E-state index contributed by atoms with van der Waals surface area (Å²) in [5.74, 6) is 0.111. The maximum atomic E-state index is 13.0. The van der Waals surface area contributed by atoms with Crippen molar-refractivity contribution in [2.45, 2.75) is 32.4 Å². The third-order valence-corrected chi connectivity index (χ3v) is 5.14. The maximum Gasteiger partial charge on any atom is 0.434 e. The fourth-order valence-electron chi connectivity index (χ4n) is 2.85. The number of nitrogens with one attached hydrogen (secondary N) is 2. The molecule has 32 heavy (non-hydrogen) atoms. The highest BCUT2D eigenvalue weighted by atomic mass is 32.2. The van der Waals surface area contributed by atoms with Gasteiger partial charge in [0, 0.05) is 23.7 Å². The normalized spacial score (nSPS) is 11.8. The number of anilines is 2. The van der Waals surface area contributed by atoms with E-state index in [1.165, 1.54) is 18.1 Å². The molecule has 0 aliphatic rings. The van der Waals surface area contributed by atoms with Crippen LogP contribution in [0.5, 0.6) is 0 Å². The van der Waals surface area contributed by atoms with E-state index < -0.39 is 17.3 Å². The van der Waals surface area contributed by atoms with E-state index in [1.54, 1.807) is 51.2 Å². The standard InChI is InChI=1S/C21H21F3N6OS/c1-12-9-13(15-10-25-11-17(27-15)21(22,23)24)5-6-14(12)28-18(31)20(2,3)16-7-8-26-19(29-16)30-32-4/h5-11H,1-4H3,(H,28,31)(H,26,29,30). The Morgan fingerprint density at radius 3 is 2.47 bits per heavy atom.